The van der Waals surface area contributed by atoms with Crippen LogP contribution in [-0.4, -0.2) is 12.0 Å². The number of benzene rings is 2. The molecule has 0 fully saturated rings. The minimum Gasteiger partial charge on any atom is -0.496 e. The van der Waals surface area contributed by atoms with E-state index in [-0.39, 0.29) is 18.1 Å². The van der Waals surface area contributed by atoms with Crippen molar-refractivity contribution in [1.29, 1.82) is 0 Å². The zero-order valence-electron chi connectivity index (χ0n) is 11.6. The summed E-state index contributed by atoms with van der Waals surface area (Å²) in [5, 5.41) is 10.9. The molecule has 0 radical (unpaired) electrons. The van der Waals surface area contributed by atoms with Crippen LogP contribution in [0.4, 0.5) is 10.1 Å². The summed E-state index contributed by atoms with van der Waals surface area (Å²) in [6, 6.07) is 8.61. The van der Waals surface area contributed by atoms with Crippen molar-refractivity contribution < 1.29 is 18.8 Å². The first-order chi connectivity index (χ1) is 9.99. The van der Waals surface area contributed by atoms with E-state index >= 15 is 0 Å². The fourth-order valence-electron chi connectivity index (χ4n) is 1.89. The highest BCUT2D eigenvalue weighted by Crippen LogP contribution is 2.25. The second-order valence-corrected chi connectivity index (χ2v) is 4.49. The predicted octanol–water partition coefficient (Wildman–Crippen LogP) is 3.63. The maximum absolute atomic E-state index is 13.0. The van der Waals surface area contributed by atoms with Crippen LogP contribution in [-0.2, 0) is 6.61 Å². The van der Waals surface area contributed by atoms with Gasteiger partial charge in [-0.2, -0.15) is 0 Å². The van der Waals surface area contributed by atoms with E-state index in [4.69, 9.17) is 9.47 Å². The van der Waals surface area contributed by atoms with E-state index in [1.54, 1.807) is 13.0 Å². The highest BCUT2D eigenvalue weighted by atomic mass is 19.1. The van der Waals surface area contributed by atoms with Gasteiger partial charge in [-0.25, -0.2) is 4.39 Å². The van der Waals surface area contributed by atoms with Crippen LogP contribution in [0.5, 0.6) is 11.5 Å². The lowest BCUT2D eigenvalue weighted by molar-refractivity contribution is -0.385. The topological polar surface area (TPSA) is 61.6 Å². The molecule has 0 aromatic heterocycles. The lowest BCUT2D eigenvalue weighted by Gasteiger charge is -2.10. The number of rotatable bonds is 5. The molecule has 2 rings (SSSR count). The summed E-state index contributed by atoms with van der Waals surface area (Å²) >= 11 is 0. The van der Waals surface area contributed by atoms with Crippen molar-refractivity contribution in [3.05, 3.63) is 63.5 Å². The summed E-state index contributed by atoms with van der Waals surface area (Å²) in [6.45, 7) is 1.86. The van der Waals surface area contributed by atoms with Crippen molar-refractivity contribution in [1.82, 2.24) is 0 Å². The molecule has 2 aromatic carbocycles. The Kier molecular flexibility index (Phi) is 4.37. The van der Waals surface area contributed by atoms with Gasteiger partial charge in [-0.05, 0) is 42.3 Å². The summed E-state index contributed by atoms with van der Waals surface area (Å²) < 4.78 is 23.6. The molecule has 0 saturated carbocycles. The van der Waals surface area contributed by atoms with E-state index in [2.05, 4.69) is 0 Å². The number of non-ortho nitro benzene ring substituents is 1. The van der Waals surface area contributed by atoms with Crippen LogP contribution in [0.1, 0.15) is 11.1 Å². The van der Waals surface area contributed by atoms with Crippen molar-refractivity contribution in [2.24, 2.45) is 0 Å². The molecular formula is C15H14FNO4. The number of hydrogen-bond donors (Lipinski definition) is 0. The van der Waals surface area contributed by atoms with Gasteiger partial charge in [0.1, 0.15) is 23.9 Å². The van der Waals surface area contributed by atoms with Gasteiger partial charge in [-0.3, -0.25) is 10.1 Å². The van der Waals surface area contributed by atoms with E-state index in [9.17, 15) is 14.5 Å². The molecule has 0 aliphatic rings. The molecule has 0 atom stereocenters. The monoisotopic (exact) mass is 291 g/mol. The lowest BCUT2D eigenvalue weighted by atomic mass is 10.2. The van der Waals surface area contributed by atoms with Gasteiger partial charge in [-0.1, -0.05) is 0 Å². The number of hydrogen-bond acceptors (Lipinski definition) is 4. The van der Waals surface area contributed by atoms with Gasteiger partial charge >= 0.3 is 0 Å². The number of nitro groups is 1. The van der Waals surface area contributed by atoms with E-state index in [0.717, 1.165) is 0 Å². The molecule has 0 amide bonds. The fourth-order valence-corrected chi connectivity index (χ4v) is 1.89. The third kappa shape index (κ3) is 3.68. The van der Waals surface area contributed by atoms with Crippen LogP contribution in [0.15, 0.2) is 36.4 Å². The second-order valence-electron chi connectivity index (χ2n) is 4.49. The van der Waals surface area contributed by atoms with Gasteiger partial charge in [0.2, 0.25) is 0 Å². The van der Waals surface area contributed by atoms with E-state index in [1.807, 2.05) is 0 Å². The molecule has 6 heteroatoms. The van der Waals surface area contributed by atoms with Gasteiger partial charge in [0, 0.05) is 6.07 Å². The van der Waals surface area contributed by atoms with Crippen molar-refractivity contribution in [2.45, 2.75) is 13.5 Å². The highest BCUT2D eigenvalue weighted by Gasteiger charge is 2.11. The molecule has 0 bridgehead atoms. The summed E-state index contributed by atoms with van der Waals surface area (Å²) in [5.74, 6) is 0.581. The van der Waals surface area contributed by atoms with E-state index in [0.29, 0.717) is 22.6 Å². The molecule has 21 heavy (non-hydrogen) atoms. The molecule has 0 aliphatic heterocycles. The first-order valence-corrected chi connectivity index (χ1v) is 6.21. The Morgan fingerprint density at radius 2 is 2.00 bits per heavy atom. The first kappa shape index (κ1) is 14.8. The molecule has 0 unspecified atom stereocenters. The molecule has 0 heterocycles. The van der Waals surface area contributed by atoms with Gasteiger partial charge in [0.15, 0.2) is 0 Å². The molecule has 5 nitrogen and oxygen atoms in total. The molecule has 0 saturated heterocycles. The number of nitro benzene ring substituents is 1. The van der Waals surface area contributed by atoms with Gasteiger partial charge in [0.05, 0.1) is 18.1 Å². The Balaban J connectivity index is 2.19. The third-order valence-electron chi connectivity index (χ3n) is 2.93. The Bertz CT molecular complexity index is 673. The highest BCUT2D eigenvalue weighted by molar-refractivity contribution is 5.43. The van der Waals surface area contributed by atoms with Crippen molar-refractivity contribution in [2.75, 3.05) is 7.11 Å². The standard InChI is InChI=1S/C15H14FNO4/c1-10-5-12(16)3-4-15(10)21-9-11-6-13(17(18)19)8-14(7-11)20-2/h3-8H,9H2,1-2H3. The maximum atomic E-state index is 13.0. The average molecular weight is 291 g/mol. The number of methoxy groups -OCH3 is 1. The molecule has 110 valence electrons. The number of aryl methyl sites for hydroxylation is 1. The number of nitrogens with zero attached hydrogens (tertiary/aromatic N) is 1. The Labute approximate surface area is 121 Å². The van der Waals surface area contributed by atoms with Crippen LogP contribution < -0.4 is 9.47 Å². The van der Waals surface area contributed by atoms with Crippen LogP contribution in [0.3, 0.4) is 0 Å². The average Bonchev–Trinajstić information content (AvgIpc) is 2.46. The fraction of sp³-hybridized carbons (Fsp3) is 0.200. The van der Waals surface area contributed by atoms with Crippen molar-refractivity contribution >= 4 is 5.69 Å². The van der Waals surface area contributed by atoms with Gasteiger partial charge in [-0.15, -0.1) is 0 Å². The summed E-state index contributed by atoms with van der Waals surface area (Å²) in [6.07, 6.45) is 0. The smallest absolute Gasteiger partial charge is 0.273 e. The van der Waals surface area contributed by atoms with Gasteiger partial charge < -0.3 is 9.47 Å². The second kappa shape index (κ2) is 6.21. The zero-order valence-corrected chi connectivity index (χ0v) is 11.6. The molecule has 2 aromatic rings. The quantitative estimate of drug-likeness (QED) is 0.623. The van der Waals surface area contributed by atoms with Gasteiger partial charge in [0.25, 0.3) is 5.69 Å². The minimum absolute atomic E-state index is 0.0659. The normalized spacial score (nSPS) is 10.2. The first-order valence-electron chi connectivity index (χ1n) is 6.21. The number of ether oxygens (including phenoxy) is 2. The lowest BCUT2D eigenvalue weighted by Crippen LogP contribution is -1.99. The van der Waals surface area contributed by atoms with E-state index in [1.165, 1.54) is 37.4 Å². The van der Waals surface area contributed by atoms with Crippen LogP contribution in [0.2, 0.25) is 0 Å². The molecular weight excluding hydrogens is 277 g/mol. The van der Waals surface area contributed by atoms with Crippen LogP contribution in [0.25, 0.3) is 0 Å². The molecule has 0 spiro atoms. The van der Waals surface area contributed by atoms with Crippen molar-refractivity contribution in [3.8, 4) is 11.5 Å². The molecule has 0 aliphatic carbocycles. The SMILES string of the molecule is COc1cc(COc2ccc(F)cc2C)cc([N+](=O)[O-])c1. The molecule has 0 N–H and O–H groups in total. The number of halogens is 1. The van der Waals surface area contributed by atoms with Crippen LogP contribution in [0, 0.1) is 22.9 Å². The zero-order chi connectivity index (χ0) is 15.4. The van der Waals surface area contributed by atoms with Crippen LogP contribution >= 0.6 is 0 Å². The summed E-state index contributed by atoms with van der Waals surface area (Å²) in [4.78, 5) is 10.4. The third-order valence-corrected chi connectivity index (χ3v) is 2.93. The Morgan fingerprint density at radius 3 is 2.62 bits per heavy atom. The Morgan fingerprint density at radius 1 is 1.24 bits per heavy atom. The predicted molar refractivity (Wildman–Crippen MR) is 75.1 cm³/mol. The largest absolute Gasteiger partial charge is 0.496 e. The minimum atomic E-state index is -0.491. The van der Waals surface area contributed by atoms with E-state index < -0.39 is 4.92 Å². The maximum Gasteiger partial charge on any atom is 0.273 e. The summed E-state index contributed by atoms with van der Waals surface area (Å²) in [7, 11) is 1.44. The van der Waals surface area contributed by atoms with Crippen molar-refractivity contribution in [3.63, 3.8) is 0 Å². The Hall–Kier alpha value is -2.63. The summed E-state index contributed by atoms with van der Waals surface area (Å²) in [5.41, 5.74) is 1.20.